The number of unbranched alkanes of at least 4 members (excludes halogenated alkanes) is 2. The summed E-state index contributed by atoms with van der Waals surface area (Å²) >= 11 is 0. The van der Waals surface area contributed by atoms with Crippen LogP contribution in [0.2, 0.25) is 0 Å². The van der Waals surface area contributed by atoms with E-state index >= 15 is 0 Å². The first-order valence-corrected chi connectivity index (χ1v) is 12.2. The second-order valence-corrected chi connectivity index (χ2v) is 9.53. The van der Waals surface area contributed by atoms with Crippen LogP contribution in [0.4, 0.5) is 19.2 Å². The molecular formula is C24H42O12. The first-order valence-electron chi connectivity index (χ1n) is 12.2. The van der Waals surface area contributed by atoms with E-state index in [2.05, 4.69) is 9.78 Å². The molecule has 0 saturated heterocycles. The fourth-order valence-electron chi connectivity index (χ4n) is 2.42. The smallest absolute Gasteiger partial charge is 0.434 e. The molecule has 0 rings (SSSR count). The molecule has 0 aliphatic rings. The maximum absolute atomic E-state index is 12.4. The summed E-state index contributed by atoms with van der Waals surface area (Å²) in [6.07, 6.45) is -3.39. The van der Waals surface area contributed by atoms with Crippen LogP contribution < -0.4 is 0 Å². The van der Waals surface area contributed by atoms with Gasteiger partial charge < -0.3 is 28.4 Å². The highest BCUT2D eigenvalue weighted by molar-refractivity contribution is 5.65. The second-order valence-electron chi connectivity index (χ2n) is 9.53. The van der Waals surface area contributed by atoms with E-state index in [0.717, 1.165) is 19.3 Å². The molecule has 0 bridgehead atoms. The van der Waals surface area contributed by atoms with Gasteiger partial charge in [-0.2, -0.15) is 19.4 Å². The zero-order chi connectivity index (χ0) is 27.8. The molecule has 0 aromatic carbocycles. The molecular weight excluding hydrogens is 480 g/mol. The lowest BCUT2D eigenvalue weighted by molar-refractivity contribution is -0.278. The summed E-state index contributed by atoms with van der Waals surface area (Å²) in [7, 11) is 0. The predicted molar refractivity (Wildman–Crippen MR) is 126 cm³/mol. The molecule has 0 radical (unpaired) electrons. The molecule has 12 nitrogen and oxygen atoms in total. The minimum Gasteiger partial charge on any atom is -0.434 e. The third kappa shape index (κ3) is 14.5. The summed E-state index contributed by atoms with van der Waals surface area (Å²) < 4.78 is 30.5. The summed E-state index contributed by atoms with van der Waals surface area (Å²) in [6, 6.07) is 0. The van der Waals surface area contributed by atoms with Crippen LogP contribution in [0.1, 0.15) is 87.5 Å². The van der Waals surface area contributed by atoms with Crippen LogP contribution in [0.5, 0.6) is 0 Å². The number of hydrogen-bond donors (Lipinski definition) is 0. The summed E-state index contributed by atoms with van der Waals surface area (Å²) in [4.78, 5) is 57.0. The molecule has 0 aliphatic carbocycles. The van der Waals surface area contributed by atoms with Crippen molar-refractivity contribution < 1.29 is 57.4 Å². The van der Waals surface area contributed by atoms with E-state index in [0.29, 0.717) is 6.42 Å². The van der Waals surface area contributed by atoms with Crippen molar-refractivity contribution in [2.45, 2.75) is 99.4 Å². The molecule has 3 unspecified atom stereocenters. The highest BCUT2D eigenvalue weighted by Gasteiger charge is 2.47. The quantitative estimate of drug-likeness (QED) is 0.0669. The van der Waals surface area contributed by atoms with Crippen molar-refractivity contribution in [1.29, 1.82) is 0 Å². The number of carbonyl (C=O) groups excluding carboxylic acids is 4. The van der Waals surface area contributed by atoms with Gasteiger partial charge in [-0.05, 0) is 24.7 Å². The molecule has 12 heteroatoms. The first-order chi connectivity index (χ1) is 16.8. The lowest BCUT2D eigenvalue weighted by atomic mass is 9.99. The lowest BCUT2D eigenvalue weighted by Crippen LogP contribution is -2.50. The largest absolute Gasteiger partial charge is 0.553 e. The lowest BCUT2D eigenvalue weighted by Gasteiger charge is -2.34. The standard InChI is InChI=1S/C24H42O12/c1-9-12-13-14-29-19(25)32-18(5)24(11-3,33-20(26)31-16-23(6,7)8)34-22(28)36-35-21(27)30-15-17(4)10-2/h17-18H,9-16H2,1-8H3. The van der Waals surface area contributed by atoms with E-state index in [9.17, 15) is 19.2 Å². The molecule has 0 fully saturated rings. The molecule has 0 N–H and O–H groups in total. The van der Waals surface area contributed by atoms with Gasteiger partial charge in [0.1, 0.15) is 0 Å². The van der Waals surface area contributed by atoms with Crippen molar-refractivity contribution in [2.24, 2.45) is 11.3 Å². The Morgan fingerprint density at radius 1 is 0.750 bits per heavy atom. The zero-order valence-corrected chi connectivity index (χ0v) is 22.7. The minimum atomic E-state index is -2.18. The molecule has 0 aromatic heterocycles. The molecule has 3 atom stereocenters. The SMILES string of the molecule is CCCCCOC(=O)OC(C)C(CC)(OC(=O)OCC(C)(C)C)OC(=O)OOC(=O)OCC(C)CC. The van der Waals surface area contributed by atoms with Crippen molar-refractivity contribution in [1.82, 2.24) is 0 Å². The van der Waals surface area contributed by atoms with Crippen molar-refractivity contribution in [2.75, 3.05) is 19.8 Å². The van der Waals surface area contributed by atoms with Gasteiger partial charge in [-0.3, -0.25) is 0 Å². The predicted octanol–water partition coefficient (Wildman–Crippen LogP) is 6.29. The average Bonchev–Trinajstić information content (AvgIpc) is 2.81. The van der Waals surface area contributed by atoms with Crippen LogP contribution >= 0.6 is 0 Å². The molecule has 0 aromatic rings. The number of rotatable bonds is 13. The fourth-order valence-corrected chi connectivity index (χ4v) is 2.42. The Hall–Kier alpha value is -2.92. The molecule has 0 heterocycles. The third-order valence-electron chi connectivity index (χ3n) is 4.85. The highest BCUT2D eigenvalue weighted by Crippen LogP contribution is 2.28. The van der Waals surface area contributed by atoms with Gasteiger partial charge in [-0.25, -0.2) is 9.59 Å². The molecule has 0 aliphatic heterocycles. The van der Waals surface area contributed by atoms with Crippen molar-refractivity contribution in [3.63, 3.8) is 0 Å². The Morgan fingerprint density at radius 2 is 1.36 bits per heavy atom. The van der Waals surface area contributed by atoms with Crippen LogP contribution in [0.15, 0.2) is 0 Å². The first kappa shape index (κ1) is 33.1. The van der Waals surface area contributed by atoms with Gasteiger partial charge in [0.25, 0.3) is 0 Å². The Bertz CT molecular complexity index is 687. The Labute approximate surface area is 213 Å². The van der Waals surface area contributed by atoms with Crippen LogP contribution in [0.25, 0.3) is 0 Å². The minimum absolute atomic E-state index is 0.00405. The summed E-state index contributed by atoms with van der Waals surface area (Å²) in [6.45, 7) is 14.3. The van der Waals surface area contributed by atoms with Crippen LogP contribution in [-0.4, -0.2) is 56.3 Å². The molecule has 36 heavy (non-hydrogen) atoms. The molecule has 210 valence electrons. The van der Waals surface area contributed by atoms with Gasteiger partial charge in [0.15, 0.2) is 6.10 Å². The maximum atomic E-state index is 12.4. The number of hydrogen-bond acceptors (Lipinski definition) is 12. The van der Waals surface area contributed by atoms with E-state index in [1.54, 1.807) is 0 Å². The summed E-state index contributed by atoms with van der Waals surface area (Å²) in [5.74, 6) is -2.11. The van der Waals surface area contributed by atoms with E-state index < -0.39 is 36.5 Å². The Kier molecular flexibility index (Phi) is 15.3. The van der Waals surface area contributed by atoms with Crippen molar-refractivity contribution in [3.8, 4) is 0 Å². The van der Waals surface area contributed by atoms with E-state index in [4.69, 9.17) is 28.4 Å². The third-order valence-corrected chi connectivity index (χ3v) is 4.85. The number of carbonyl (C=O) groups is 4. The van der Waals surface area contributed by atoms with E-state index in [-0.39, 0.29) is 37.6 Å². The van der Waals surface area contributed by atoms with Gasteiger partial charge in [0.05, 0.1) is 19.8 Å². The summed E-state index contributed by atoms with van der Waals surface area (Å²) in [5, 5.41) is 0. The zero-order valence-electron chi connectivity index (χ0n) is 22.7. The van der Waals surface area contributed by atoms with Gasteiger partial charge in [0.2, 0.25) is 0 Å². The molecule has 0 saturated carbocycles. The second kappa shape index (κ2) is 16.7. The molecule has 0 amide bonds. The van der Waals surface area contributed by atoms with Crippen molar-refractivity contribution in [3.05, 3.63) is 0 Å². The fraction of sp³-hybridized carbons (Fsp3) is 0.833. The van der Waals surface area contributed by atoms with Gasteiger partial charge in [-0.1, -0.05) is 67.7 Å². The van der Waals surface area contributed by atoms with E-state index in [1.807, 2.05) is 41.5 Å². The molecule has 0 spiro atoms. The topological polar surface area (TPSA) is 142 Å². The Morgan fingerprint density at radius 3 is 1.92 bits per heavy atom. The Balaban J connectivity index is 5.31. The highest BCUT2D eigenvalue weighted by atomic mass is 17.3. The monoisotopic (exact) mass is 522 g/mol. The van der Waals surface area contributed by atoms with Crippen LogP contribution in [0.3, 0.4) is 0 Å². The van der Waals surface area contributed by atoms with E-state index in [1.165, 1.54) is 13.8 Å². The van der Waals surface area contributed by atoms with Crippen LogP contribution in [-0.2, 0) is 38.2 Å². The summed E-state index contributed by atoms with van der Waals surface area (Å²) in [5.41, 5.74) is -0.373. The normalized spacial score (nSPS) is 14.3. The number of ether oxygens (including phenoxy) is 6. The maximum Gasteiger partial charge on any atom is 0.553 e. The van der Waals surface area contributed by atoms with Crippen LogP contribution in [0, 0.1) is 11.3 Å². The van der Waals surface area contributed by atoms with Gasteiger partial charge in [-0.15, -0.1) is 0 Å². The van der Waals surface area contributed by atoms with Gasteiger partial charge in [0, 0.05) is 6.42 Å². The van der Waals surface area contributed by atoms with Gasteiger partial charge >= 0.3 is 30.4 Å². The van der Waals surface area contributed by atoms with Crippen molar-refractivity contribution >= 4 is 24.6 Å². The average molecular weight is 523 g/mol.